The molecule has 1 fully saturated rings. The van der Waals surface area contributed by atoms with Gasteiger partial charge in [0.25, 0.3) is 0 Å². The molecule has 1 heterocycles. The summed E-state index contributed by atoms with van der Waals surface area (Å²) in [5, 5.41) is 9.95. The average Bonchev–Trinajstić information content (AvgIpc) is 2.71. The van der Waals surface area contributed by atoms with Crippen LogP contribution in [-0.2, 0) is 9.59 Å². The molecule has 0 spiro atoms. The van der Waals surface area contributed by atoms with Crippen molar-refractivity contribution in [3.63, 3.8) is 0 Å². The van der Waals surface area contributed by atoms with Gasteiger partial charge in [-0.2, -0.15) is 0 Å². The lowest BCUT2D eigenvalue weighted by atomic mass is 9.74. The van der Waals surface area contributed by atoms with Crippen molar-refractivity contribution >= 4 is 11.8 Å². The van der Waals surface area contributed by atoms with Gasteiger partial charge in [-0.3, -0.25) is 9.59 Å². The largest absolute Gasteiger partial charge is 0.394 e. The monoisotopic (exact) mass is 380 g/mol. The van der Waals surface area contributed by atoms with Gasteiger partial charge in [-0.1, -0.05) is 61.5 Å². The molecule has 5 heteroatoms. The molecule has 2 aromatic rings. The number of carbonyl (C=O) groups excluding carboxylic acids is 2. The van der Waals surface area contributed by atoms with Crippen LogP contribution in [0.5, 0.6) is 0 Å². The number of aliphatic hydroxyl groups excluding tert-OH is 1. The average molecular weight is 380 g/mol. The van der Waals surface area contributed by atoms with Crippen molar-refractivity contribution in [3.05, 3.63) is 60.2 Å². The maximum absolute atomic E-state index is 12.5. The third kappa shape index (κ3) is 3.80. The fraction of sp³-hybridized carbons (Fsp3) is 0.391. The molecular formula is C23H28N2O3. The van der Waals surface area contributed by atoms with Gasteiger partial charge in [-0.15, -0.1) is 0 Å². The number of carbonyl (C=O) groups is 2. The summed E-state index contributed by atoms with van der Waals surface area (Å²) in [6.07, 6.45) is 0.385. The number of likely N-dealkylation sites (tertiary alicyclic amines) is 1. The lowest BCUT2D eigenvalue weighted by molar-refractivity contribution is -0.153. The highest BCUT2D eigenvalue weighted by atomic mass is 16.3. The number of rotatable bonds is 6. The first-order valence-electron chi connectivity index (χ1n) is 9.77. The lowest BCUT2D eigenvalue weighted by Gasteiger charge is -2.55. The zero-order valence-corrected chi connectivity index (χ0v) is 16.7. The Kier molecular flexibility index (Phi) is 6.15. The van der Waals surface area contributed by atoms with Gasteiger partial charge in [0.2, 0.25) is 11.8 Å². The Morgan fingerprint density at radius 3 is 2.14 bits per heavy atom. The molecule has 0 bridgehead atoms. The Morgan fingerprint density at radius 1 is 1.00 bits per heavy atom. The number of amides is 2. The normalized spacial score (nSPS) is 21.1. The molecule has 28 heavy (non-hydrogen) atoms. The Labute approximate surface area is 166 Å². The Hall–Kier alpha value is -2.66. The molecule has 2 aromatic carbocycles. The van der Waals surface area contributed by atoms with Gasteiger partial charge < -0.3 is 14.9 Å². The quantitative estimate of drug-likeness (QED) is 0.838. The van der Waals surface area contributed by atoms with Crippen molar-refractivity contribution in [2.75, 3.05) is 20.2 Å². The van der Waals surface area contributed by atoms with E-state index < -0.39 is 0 Å². The summed E-state index contributed by atoms with van der Waals surface area (Å²) < 4.78 is 0. The fourth-order valence-corrected chi connectivity index (χ4v) is 4.08. The van der Waals surface area contributed by atoms with E-state index >= 15 is 0 Å². The van der Waals surface area contributed by atoms with Crippen molar-refractivity contribution in [3.8, 4) is 11.1 Å². The maximum Gasteiger partial charge on any atom is 0.222 e. The second-order valence-electron chi connectivity index (χ2n) is 7.39. The topological polar surface area (TPSA) is 60.9 Å². The summed E-state index contributed by atoms with van der Waals surface area (Å²) in [5.41, 5.74) is 3.36. The van der Waals surface area contributed by atoms with Crippen molar-refractivity contribution in [2.45, 2.75) is 38.3 Å². The van der Waals surface area contributed by atoms with E-state index in [1.165, 1.54) is 6.92 Å². The van der Waals surface area contributed by atoms with Gasteiger partial charge in [0.1, 0.15) is 0 Å². The fourth-order valence-electron chi connectivity index (χ4n) is 4.08. The second-order valence-corrected chi connectivity index (χ2v) is 7.39. The summed E-state index contributed by atoms with van der Waals surface area (Å²) in [6.45, 7) is 3.72. The molecule has 1 aliphatic rings. The van der Waals surface area contributed by atoms with E-state index in [9.17, 15) is 14.7 Å². The van der Waals surface area contributed by atoms with E-state index in [0.717, 1.165) is 16.7 Å². The zero-order chi connectivity index (χ0) is 20.3. The Balaban J connectivity index is 1.88. The first-order valence-corrected chi connectivity index (χ1v) is 9.77. The number of likely N-dealkylation sites (N-methyl/N-ethyl adjacent to an activating group) is 1. The van der Waals surface area contributed by atoms with E-state index in [0.29, 0.717) is 13.0 Å². The molecule has 5 nitrogen and oxygen atoms in total. The number of benzene rings is 2. The number of hydrogen-bond acceptors (Lipinski definition) is 3. The SMILES string of the molecule is CCC(=O)N1[C@@H](CO)[C@@H](c2ccc(-c3ccccc3)cc2)[C@@H]1CN(C)C(C)=O. The molecule has 3 rings (SSSR count). The summed E-state index contributed by atoms with van der Waals surface area (Å²) >= 11 is 0. The summed E-state index contributed by atoms with van der Waals surface area (Å²) in [7, 11) is 1.75. The molecule has 0 aliphatic carbocycles. The summed E-state index contributed by atoms with van der Waals surface area (Å²) in [6, 6.07) is 18.1. The van der Waals surface area contributed by atoms with Crippen LogP contribution in [0.2, 0.25) is 0 Å². The number of hydrogen-bond donors (Lipinski definition) is 1. The van der Waals surface area contributed by atoms with Crippen LogP contribution in [0.3, 0.4) is 0 Å². The molecule has 0 radical (unpaired) electrons. The first-order chi connectivity index (χ1) is 13.5. The van der Waals surface area contributed by atoms with Crippen LogP contribution in [0, 0.1) is 0 Å². The number of nitrogens with zero attached hydrogens (tertiary/aromatic N) is 2. The molecule has 0 aromatic heterocycles. The smallest absolute Gasteiger partial charge is 0.222 e. The molecule has 1 aliphatic heterocycles. The Morgan fingerprint density at radius 2 is 1.61 bits per heavy atom. The van der Waals surface area contributed by atoms with Gasteiger partial charge in [-0.05, 0) is 16.7 Å². The van der Waals surface area contributed by atoms with Crippen molar-refractivity contribution in [1.82, 2.24) is 9.80 Å². The molecule has 2 amide bonds. The molecule has 1 saturated heterocycles. The van der Waals surface area contributed by atoms with E-state index in [1.54, 1.807) is 16.8 Å². The minimum atomic E-state index is -0.250. The molecule has 0 saturated carbocycles. The third-order valence-electron chi connectivity index (χ3n) is 5.72. The van der Waals surface area contributed by atoms with E-state index in [4.69, 9.17) is 0 Å². The van der Waals surface area contributed by atoms with Gasteiger partial charge in [0.15, 0.2) is 0 Å². The highest BCUT2D eigenvalue weighted by Crippen LogP contribution is 2.41. The Bertz CT molecular complexity index is 820. The van der Waals surface area contributed by atoms with Crippen LogP contribution < -0.4 is 0 Å². The van der Waals surface area contributed by atoms with Crippen LogP contribution in [0.15, 0.2) is 54.6 Å². The highest BCUT2D eigenvalue weighted by molar-refractivity contribution is 5.79. The zero-order valence-electron chi connectivity index (χ0n) is 16.7. The highest BCUT2D eigenvalue weighted by Gasteiger charge is 2.50. The molecular weight excluding hydrogens is 352 g/mol. The maximum atomic E-state index is 12.5. The molecule has 148 valence electrons. The molecule has 3 atom stereocenters. The van der Waals surface area contributed by atoms with Gasteiger partial charge in [0.05, 0.1) is 18.7 Å². The first kappa shape index (κ1) is 20.1. The van der Waals surface area contributed by atoms with E-state index in [-0.39, 0.29) is 36.4 Å². The van der Waals surface area contributed by atoms with E-state index in [1.807, 2.05) is 25.1 Å². The van der Waals surface area contributed by atoms with Gasteiger partial charge in [-0.25, -0.2) is 0 Å². The molecule has 0 unspecified atom stereocenters. The minimum absolute atomic E-state index is 0.00660. The van der Waals surface area contributed by atoms with Gasteiger partial charge >= 0.3 is 0 Å². The van der Waals surface area contributed by atoms with Crippen LogP contribution in [-0.4, -0.2) is 59.0 Å². The van der Waals surface area contributed by atoms with Gasteiger partial charge in [0, 0.05) is 32.9 Å². The number of aliphatic hydroxyl groups is 1. The predicted molar refractivity (Wildman–Crippen MR) is 110 cm³/mol. The third-order valence-corrected chi connectivity index (χ3v) is 5.72. The molecule has 1 N–H and O–H groups in total. The van der Waals surface area contributed by atoms with Crippen LogP contribution in [0.1, 0.15) is 31.7 Å². The minimum Gasteiger partial charge on any atom is -0.394 e. The lowest BCUT2D eigenvalue weighted by Crippen LogP contribution is -2.68. The van der Waals surface area contributed by atoms with E-state index in [2.05, 4.69) is 36.4 Å². The second kappa shape index (κ2) is 8.57. The summed E-state index contributed by atoms with van der Waals surface area (Å²) in [5.74, 6) is -0.0141. The predicted octanol–water partition coefficient (Wildman–Crippen LogP) is 2.90. The van der Waals surface area contributed by atoms with Crippen molar-refractivity contribution in [2.24, 2.45) is 0 Å². The standard InChI is InChI=1S/C23H28N2O3/c1-4-22(28)25-20(14-24(3)16(2)27)23(21(25)15-26)19-12-10-18(11-13-19)17-8-6-5-7-9-17/h5-13,20-21,23,26H,4,14-15H2,1-3H3/t20-,21-,23-/m0/s1. The van der Waals surface area contributed by atoms with Crippen molar-refractivity contribution < 1.29 is 14.7 Å². The van der Waals surface area contributed by atoms with Crippen LogP contribution in [0.4, 0.5) is 0 Å². The summed E-state index contributed by atoms with van der Waals surface area (Å²) in [4.78, 5) is 27.6. The van der Waals surface area contributed by atoms with Crippen molar-refractivity contribution in [1.29, 1.82) is 0 Å². The van der Waals surface area contributed by atoms with Crippen LogP contribution in [0.25, 0.3) is 11.1 Å². The van der Waals surface area contributed by atoms with Crippen LogP contribution >= 0.6 is 0 Å².